The van der Waals surface area contributed by atoms with E-state index in [4.69, 9.17) is 5.73 Å². The molecule has 5 nitrogen and oxygen atoms in total. The molecule has 2 heterocycles. The molecule has 27 heavy (non-hydrogen) atoms. The van der Waals surface area contributed by atoms with E-state index in [1.54, 1.807) is 0 Å². The molecule has 1 amide bonds. The number of nitrogens with one attached hydrogen (secondary N) is 1. The summed E-state index contributed by atoms with van der Waals surface area (Å²) < 4.78 is 2.13. The largest absolute Gasteiger partial charge is 0.402 e. The van der Waals surface area contributed by atoms with Crippen molar-refractivity contribution < 1.29 is 4.79 Å². The highest BCUT2D eigenvalue weighted by molar-refractivity contribution is 5.99. The summed E-state index contributed by atoms with van der Waals surface area (Å²) in [4.78, 5) is 16.2. The highest BCUT2D eigenvalue weighted by Crippen LogP contribution is 2.25. The average Bonchev–Trinajstić information content (AvgIpc) is 3.18. The number of carbonyl (C=O) groups excluding carboxylic acids is 1. The summed E-state index contributed by atoms with van der Waals surface area (Å²) >= 11 is 0. The third kappa shape index (κ3) is 3.77. The molecule has 0 unspecified atom stereocenters. The molecule has 3 aromatic rings. The van der Waals surface area contributed by atoms with Crippen molar-refractivity contribution in [2.45, 2.75) is 25.8 Å². The lowest BCUT2D eigenvalue weighted by Gasteiger charge is -2.11. The topological polar surface area (TPSA) is 72.9 Å². The molecule has 3 N–H and O–H groups in total. The Bertz CT molecular complexity index is 1000. The molecular formula is C22H22N4O. The zero-order chi connectivity index (χ0) is 18.8. The highest BCUT2D eigenvalue weighted by atomic mass is 16.1. The predicted octanol–water partition coefficient (Wildman–Crippen LogP) is 3.03. The second kappa shape index (κ2) is 7.11. The molecule has 1 aliphatic heterocycles. The molecule has 0 atom stereocenters. The number of imidazole rings is 1. The smallest absolute Gasteiger partial charge is 0.228 e. The predicted molar refractivity (Wildman–Crippen MR) is 106 cm³/mol. The Morgan fingerprint density at radius 2 is 2.00 bits per heavy atom. The van der Waals surface area contributed by atoms with Gasteiger partial charge in [-0.15, -0.1) is 0 Å². The van der Waals surface area contributed by atoms with Crippen LogP contribution in [-0.4, -0.2) is 15.5 Å². The van der Waals surface area contributed by atoms with Crippen LogP contribution in [0.15, 0.2) is 67.1 Å². The van der Waals surface area contributed by atoms with E-state index in [9.17, 15) is 4.79 Å². The summed E-state index contributed by atoms with van der Waals surface area (Å²) in [5, 5.41) is 2.87. The number of nitrogens with two attached hydrogens (primary N) is 1. The fraction of sp³-hybridized carbons (Fsp3) is 0.182. The second-order valence-electron chi connectivity index (χ2n) is 6.98. The molecule has 0 aliphatic carbocycles. The van der Waals surface area contributed by atoms with Crippen molar-refractivity contribution in [3.8, 4) is 0 Å². The molecule has 0 saturated heterocycles. The summed E-state index contributed by atoms with van der Waals surface area (Å²) in [6.45, 7) is 4.56. The lowest BCUT2D eigenvalue weighted by molar-refractivity contribution is -0.115. The standard InChI is InChI=1S/C22H22N4O/c1-15(23)9-21-20(11-16-5-3-2-4-6-16)24-14-26(21)13-17-7-8-19-18(10-17)12-22(27)25-19/h2-8,10,14H,1,9,11-13,23H2,(H,25,27). The molecule has 0 bridgehead atoms. The molecule has 1 aromatic heterocycles. The van der Waals surface area contributed by atoms with E-state index in [0.29, 0.717) is 25.1 Å². The van der Waals surface area contributed by atoms with Gasteiger partial charge < -0.3 is 15.6 Å². The minimum absolute atomic E-state index is 0.0510. The van der Waals surface area contributed by atoms with Gasteiger partial charge in [0.05, 0.1) is 18.4 Å². The average molecular weight is 358 g/mol. The minimum atomic E-state index is 0.0510. The molecule has 1 aliphatic rings. The van der Waals surface area contributed by atoms with Crippen LogP contribution in [0.25, 0.3) is 0 Å². The molecule has 0 radical (unpaired) electrons. The van der Waals surface area contributed by atoms with Gasteiger partial charge in [0.15, 0.2) is 0 Å². The zero-order valence-electron chi connectivity index (χ0n) is 15.1. The summed E-state index contributed by atoms with van der Waals surface area (Å²) in [7, 11) is 0. The quantitative estimate of drug-likeness (QED) is 0.711. The molecule has 0 saturated carbocycles. The van der Waals surface area contributed by atoms with Gasteiger partial charge in [-0.05, 0) is 22.8 Å². The Balaban J connectivity index is 1.61. The van der Waals surface area contributed by atoms with E-state index < -0.39 is 0 Å². The molecule has 4 rings (SSSR count). The van der Waals surface area contributed by atoms with E-state index in [-0.39, 0.29) is 5.91 Å². The van der Waals surface area contributed by atoms with Crippen molar-refractivity contribution in [1.29, 1.82) is 0 Å². The van der Waals surface area contributed by atoms with Crippen molar-refractivity contribution >= 4 is 11.6 Å². The first-order chi connectivity index (χ1) is 13.1. The maximum absolute atomic E-state index is 11.6. The van der Waals surface area contributed by atoms with Gasteiger partial charge in [-0.1, -0.05) is 49.0 Å². The first kappa shape index (κ1) is 17.1. The van der Waals surface area contributed by atoms with Crippen LogP contribution < -0.4 is 11.1 Å². The Labute approximate surface area is 158 Å². The van der Waals surface area contributed by atoms with Crippen LogP contribution in [0.3, 0.4) is 0 Å². The van der Waals surface area contributed by atoms with Crippen molar-refractivity contribution in [3.05, 3.63) is 95.2 Å². The van der Waals surface area contributed by atoms with Crippen LogP contribution in [0.4, 0.5) is 5.69 Å². The third-order valence-corrected chi connectivity index (χ3v) is 4.79. The summed E-state index contributed by atoms with van der Waals surface area (Å²) in [6.07, 6.45) is 3.66. The Morgan fingerprint density at radius 3 is 2.78 bits per heavy atom. The lowest BCUT2D eigenvalue weighted by Crippen LogP contribution is -2.10. The molecule has 2 aromatic carbocycles. The Hall–Kier alpha value is -3.34. The fourth-order valence-electron chi connectivity index (χ4n) is 3.52. The summed E-state index contributed by atoms with van der Waals surface area (Å²) in [5.41, 5.74) is 13.0. The molecular weight excluding hydrogens is 336 g/mol. The first-order valence-corrected chi connectivity index (χ1v) is 9.00. The van der Waals surface area contributed by atoms with Gasteiger partial charge >= 0.3 is 0 Å². The Morgan fingerprint density at radius 1 is 1.19 bits per heavy atom. The third-order valence-electron chi connectivity index (χ3n) is 4.79. The van der Waals surface area contributed by atoms with Gasteiger partial charge in [-0.3, -0.25) is 4.79 Å². The van der Waals surface area contributed by atoms with E-state index in [2.05, 4.69) is 39.6 Å². The zero-order valence-corrected chi connectivity index (χ0v) is 15.1. The maximum Gasteiger partial charge on any atom is 0.228 e. The molecule has 0 spiro atoms. The van der Waals surface area contributed by atoms with Gasteiger partial charge in [-0.25, -0.2) is 4.98 Å². The van der Waals surface area contributed by atoms with E-state index in [0.717, 1.165) is 34.6 Å². The number of carbonyl (C=O) groups is 1. The summed E-state index contributed by atoms with van der Waals surface area (Å²) in [6, 6.07) is 16.4. The number of benzene rings is 2. The number of aromatic nitrogens is 2. The van der Waals surface area contributed by atoms with Crippen LogP contribution in [0.1, 0.15) is 28.1 Å². The number of hydrogen-bond acceptors (Lipinski definition) is 3. The highest BCUT2D eigenvalue weighted by Gasteiger charge is 2.18. The van der Waals surface area contributed by atoms with Gasteiger partial charge in [0.1, 0.15) is 0 Å². The van der Waals surface area contributed by atoms with Crippen LogP contribution in [-0.2, 0) is 30.6 Å². The normalized spacial score (nSPS) is 12.7. The van der Waals surface area contributed by atoms with Gasteiger partial charge in [-0.2, -0.15) is 0 Å². The number of allylic oxidation sites excluding steroid dienone is 1. The number of fused-ring (bicyclic) bond motifs is 1. The van der Waals surface area contributed by atoms with Crippen molar-refractivity contribution in [1.82, 2.24) is 9.55 Å². The van der Waals surface area contributed by atoms with Crippen molar-refractivity contribution in [2.24, 2.45) is 5.73 Å². The SMILES string of the molecule is C=C(N)Cc1c(Cc2ccccc2)ncn1Cc1ccc2c(c1)CC(=O)N2. The van der Waals surface area contributed by atoms with Gasteiger partial charge in [0.25, 0.3) is 0 Å². The minimum Gasteiger partial charge on any atom is -0.402 e. The molecule has 136 valence electrons. The number of amides is 1. The fourth-order valence-corrected chi connectivity index (χ4v) is 3.52. The number of rotatable bonds is 6. The molecule has 5 heteroatoms. The van der Waals surface area contributed by atoms with Gasteiger partial charge in [0, 0.05) is 36.5 Å². The number of hydrogen-bond donors (Lipinski definition) is 2. The lowest BCUT2D eigenvalue weighted by atomic mass is 10.1. The van der Waals surface area contributed by atoms with Gasteiger partial charge in [0.2, 0.25) is 5.91 Å². The Kier molecular flexibility index (Phi) is 4.50. The van der Waals surface area contributed by atoms with Crippen LogP contribution in [0.5, 0.6) is 0 Å². The van der Waals surface area contributed by atoms with E-state index in [1.165, 1.54) is 5.56 Å². The monoisotopic (exact) mass is 358 g/mol. The van der Waals surface area contributed by atoms with Crippen molar-refractivity contribution in [2.75, 3.05) is 5.32 Å². The van der Waals surface area contributed by atoms with E-state index >= 15 is 0 Å². The van der Waals surface area contributed by atoms with Crippen LogP contribution >= 0.6 is 0 Å². The van der Waals surface area contributed by atoms with Crippen LogP contribution in [0.2, 0.25) is 0 Å². The van der Waals surface area contributed by atoms with E-state index in [1.807, 2.05) is 36.7 Å². The number of anilines is 1. The first-order valence-electron chi connectivity index (χ1n) is 9.00. The molecule has 0 fully saturated rings. The second-order valence-corrected chi connectivity index (χ2v) is 6.98. The number of nitrogens with zero attached hydrogens (tertiary/aromatic N) is 2. The maximum atomic E-state index is 11.6. The van der Waals surface area contributed by atoms with Crippen LogP contribution in [0, 0.1) is 0 Å². The van der Waals surface area contributed by atoms with Crippen molar-refractivity contribution in [3.63, 3.8) is 0 Å². The summed E-state index contributed by atoms with van der Waals surface area (Å²) in [5.74, 6) is 0.0510.